The van der Waals surface area contributed by atoms with E-state index in [2.05, 4.69) is 14.5 Å². The molecular weight excluding hydrogens is 614 g/mol. The zero-order valence-corrected chi connectivity index (χ0v) is 21.3. The summed E-state index contributed by atoms with van der Waals surface area (Å²) in [6.07, 6.45) is -19.6. The second-order valence-electron chi connectivity index (χ2n) is 9.94. The Morgan fingerprint density at radius 2 is 1.70 bits per heavy atom. The van der Waals surface area contributed by atoms with Gasteiger partial charge in [-0.15, -0.1) is 0 Å². The number of allylic oxidation sites excluding steroid dienone is 1. The molecule has 0 saturated carbocycles. The molecule has 2 fully saturated rings. The standard InChI is InChI=1S/C22H21F8N5O8/c23-19(24)6-20(42-15(39)12(37)13(38)16(40)43-20)18(41)35(7-19)4-8(31)3-11(36)34-2-1-9-10(5-34)32-17(22(28,29)30)33-14(9)21(25,26)27/h1,5,8,12-13,17,32,37-38H,2-4,6-7,31H2/t8-,12?,13?,17-,20?/m0/s1. The van der Waals surface area contributed by atoms with E-state index in [1.54, 1.807) is 5.32 Å². The molecule has 4 heterocycles. The molecule has 5 N–H and O–H groups in total. The van der Waals surface area contributed by atoms with Crippen molar-refractivity contribution in [2.75, 3.05) is 19.6 Å². The number of esters is 2. The van der Waals surface area contributed by atoms with Crippen molar-refractivity contribution in [1.82, 2.24) is 15.1 Å². The number of nitrogens with zero attached hydrogens (tertiary/aromatic N) is 3. The van der Waals surface area contributed by atoms with Gasteiger partial charge in [0.2, 0.25) is 12.1 Å². The van der Waals surface area contributed by atoms with Gasteiger partial charge in [0.1, 0.15) is 6.42 Å². The minimum absolute atomic E-state index is 0.293. The van der Waals surface area contributed by atoms with Crippen LogP contribution >= 0.6 is 0 Å². The number of likely N-dealkylation sites (tertiary alicyclic amines) is 1. The van der Waals surface area contributed by atoms with E-state index in [0.717, 1.165) is 6.08 Å². The molecule has 238 valence electrons. The van der Waals surface area contributed by atoms with Gasteiger partial charge in [-0.1, -0.05) is 6.08 Å². The SMILES string of the molecule is N[C@@H](CC(=O)N1C=C2N[C@H](C(F)(F)F)N=C(C(F)(F)F)C2=CC1)CN1CC(F)(F)CC2(OC(=O)C(O)C(O)C(=O)O2)C1=O. The Morgan fingerprint density at radius 1 is 1.12 bits per heavy atom. The van der Waals surface area contributed by atoms with Gasteiger partial charge in [-0.3, -0.25) is 9.59 Å². The highest BCUT2D eigenvalue weighted by Crippen LogP contribution is 2.39. The van der Waals surface area contributed by atoms with Crippen LogP contribution in [0.15, 0.2) is 28.5 Å². The minimum Gasteiger partial charge on any atom is -0.411 e. The number of rotatable bonds is 4. The summed E-state index contributed by atoms with van der Waals surface area (Å²) in [6, 6.07) is -1.49. The van der Waals surface area contributed by atoms with E-state index < -0.39 is 122 Å². The molecule has 4 aliphatic heterocycles. The lowest BCUT2D eigenvalue weighted by Gasteiger charge is -2.42. The number of fused-ring (bicyclic) bond motifs is 1. The Bertz CT molecular complexity index is 1290. The van der Waals surface area contributed by atoms with Gasteiger partial charge >= 0.3 is 36.0 Å². The second kappa shape index (κ2) is 10.7. The van der Waals surface area contributed by atoms with Gasteiger partial charge in [-0.2, -0.15) is 26.3 Å². The lowest BCUT2D eigenvalue weighted by Crippen LogP contribution is -2.65. The first-order valence-electron chi connectivity index (χ1n) is 12.1. The Hall–Kier alpha value is -3.85. The fourth-order valence-corrected chi connectivity index (χ4v) is 4.63. The van der Waals surface area contributed by atoms with Crippen LogP contribution in [0.4, 0.5) is 35.1 Å². The largest absolute Gasteiger partial charge is 0.433 e. The third kappa shape index (κ3) is 6.42. The topological polar surface area (TPSA) is 184 Å². The molecule has 0 aromatic heterocycles. The van der Waals surface area contributed by atoms with Gasteiger partial charge in [0.25, 0.3) is 5.92 Å². The van der Waals surface area contributed by atoms with Gasteiger partial charge in [0, 0.05) is 37.3 Å². The summed E-state index contributed by atoms with van der Waals surface area (Å²) < 4.78 is 118. The van der Waals surface area contributed by atoms with Gasteiger partial charge in [0.15, 0.2) is 17.9 Å². The number of aliphatic hydroxyl groups is 2. The number of halogens is 8. The van der Waals surface area contributed by atoms with Gasteiger partial charge in [-0.25, -0.2) is 23.4 Å². The van der Waals surface area contributed by atoms with Crippen LogP contribution < -0.4 is 11.1 Å². The molecule has 2 amide bonds. The van der Waals surface area contributed by atoms with Crippen LogP contribution in [0.1, 0.15) is 12.8 Å². The minimum atomic E-state index is -5.26. The molecule has 13 nitrogen and oxygen atoms in total. The summed E-state index contributed by atoms with van der Waals surface area (Å²) in [5.74, 6) is -13.4. The highest BCUT2D eigenvalue weighted by molar-refractivity contribution is 6.08. The molecule has 43 heavy (non-hydrogen) atoms. The fraction of sp³-hybridized carbons (Fsp3) is 0.591. The average Bonchev–Trinajstić information content (AvgIpc) is 2.94. The maximum absolute atomic E-state index is 14.6. The molecule has 0 aromatic carbocycles. The molecule has 4 atom stereocenters. The van der Waals surface area contributed by atoms with Crippen molar-refractivity contribution in [3.8, 4) is 0 Å². The molecule has 21 heteroatoms. The smallest absolute Gasteiger partial charge is 0.411 e. The monoisotopic (exact) mass is 635 g/mol. The van der Waals surface area contributed by atoms with E-state index in [4.69, 9.17) is 5.73 Å². The number of amides is 2. The molecule has 2 saturated heterocycles. The van der Waals surface area contributed by atoms with Crippen molar-refractivity contribution in [2.24, 2.45) is 10.7 Å². The third-order valence-electron chi connectivity index (χ3n) is 6.50. The first-order chi connectivity index (χ1) is 19.6. The Morgan fingerprint density at radius 3 is 2.23 bits per heavy atom. The van der Waals surface area contributed by atoms with Gasteiger partial charge in [0.05, 0.1) is 12.2 Å². The maximum Gasteiger partial charge on any atom is 0.433 e. The molecule has 4 rings (SSSR count). The summed E-state index contributed by atoms with van der Waals surface area (Å²) >= 11 is 0. The number of hydrogen-bond donors (Lipinski definition) is 4. The predicted octanol–water partition coefficient (Wildman–Crippen LogP) is -0.806. The van der Waals surface area contributed by atoms with Crippen LogP contribution in [-0.2, 0) is 28.7 Å². The summed E-state index contributed by atoms with van der Waals surface area (Å²) in [4.78, 5) is 53.6. The number of hydrogen-bond acceptors (Lipinski definition) is 11. The number of piperidine rings is 1. The molecule has 0 aliphatic carbocycles. The number of ether oxygens (including phenoxy) is 2. The quantitative estimate of drug-likeness (QED) is 0.225. The van der Waals surface area contributed by atoms with E-state index in [9.17, 15) is 64.5 Å². The average molecular weight is 635 g/mol. The van der Waals surface area contributed by atoms with Crippen molar-refractivity contribution in [3.63, 3.8) is 0 Å². The molecule has 0 radical (unpaired) electrons. The number of carbonyl (C=O) groups is 4. The van der Waals surface area contributed by atoms with Gasteiger partial charge in [-0.05, 0) is 0 Å². The summed E-state index contributed by atoms with van der Waals surface area (Å²) in [7, 11) is 0. The zero-order chi connectivity index (χ0) is 32.3. The van der Waals surface area contributed by atoms with Gasteiger partial charge < -0.3 is 40.5 Å². The Kier molecular flexibility index (Phi) is 7.98. The van der Waals surface area contributed by atoms with Crippen LogP contribution in [0.25, 0.3) is 0 Å². The third-order valence-corrected chi connectivity index (χ3v) is 6.50. The molecule has 4 aliphatic rings. The van der Waals surface area contributed by atoms with Crippen molar-refractivity contribution in [3.05, 3.63) is 23.5 Å². The van der Waals surface area contributed by atoms with Crippen LogP contribution in [-0.4, -0.2) is 118 Å². The first-order valence-corrected chi connectivity index (χ1v) is 12.1. The van der Waals surface area contributed by atoms with E-state index in [1.165, 1.54) is 0 Å². The van der Waals surface area contributed by atoms with Crippen molar-refractivity contribution in [2.45, 2.75) is 61.3 Å². The van der Waals surface area contributed by atoms with E-state index >= 15 is 0 Å². The number of carbonyl (C=O) groups excluding carboxylic acids is 4. The van der Waals surface area contributed by atoms with Crippen molar-refractivity contribution < 1.29 is 74.0 Å². The second-order valence-corrected chi connectivity index (χ2v) is 9.94. The number of alkyl halides is 8. The lowest BCUT2D eigenvalue weighted by atomic mass is 9.98. The summed E-state index contributed by atoms with van der Waals surface area (Å²) in [5, 5.41) is 21.0. The summed E-state index contributed by atoms with van der Waals surface area (Å²) in [5.41, 5.74) is 2.56. The number of nitrogens with two attached hydrogens (primary N) is 1. The van der Waals surface area contributed by atoms with Crippen molar-refractivity contribution in [1.29, 1.82) is 0 Å². The molecule has 1 spiro atoms. The predicted molar refractivity (Wildman–Crippen MR) is 120 cm³/mol. The van der Waals surface area contributed by atoms with Crippen LogP contribution in [0.5, 0.6) is 0 Å². The zero-order valence-electron chi connectivity index (χ0n) is 21.3. The molecule has 2 unspecified atom stereocenters. The number of nitrogens with one attached hydrogen (secondary N) is 1. The molecule has 0 bridgehead atoms. The highest BCUT2D eigenvalue weighted by Gasteiger charge is 2.63. The van der Waals surface area contributed by atoms with Crippen molar-refractivity contribution >= 4 is 29.5 Å². The Labute approximate surface area is 234 Å². The first kappa shape index (κ1) is 32.1. The van der Waals surface area contributed by atoms with E-state index in [0.29, 0.717) is 16.0 Å². The molecular formula is C22H21F8N5O8. The molecule has 0 aromatic rings. The van der Waals surface area contributed by atoms with Crippen LogP contribution in [0, 0.1) is 0 Å². The maximum atomic E-state index is 14.6. The summed E-state index contributed by atoms with van der Waals surface area (Å²) in [6.45, 7) is -2.80. The normalized spacial score (nSPS) is 30.3. The number of aliphatic hydroxyl groups excluding tert-OH is 2. The highest BCUT2D eigenvalue weighted by atomic mass is 19.4. The number of aliphatic imine (C=N–C) groups is 1. The van der Waals surface area contributed by atoms with E-state index in [-0.39, 0.29) is 0 Å². The Balaban J connectivity index is 1.49. The van der Waals surface area contributed by atoms with E-state index in [1.807, 2.05) is 0 Å². The van der Waals surface area contributed by atoms with Crippen LogP contribution in [0.2, 0.25) is 0 Å². The lowest BCUT2D eigenvalue weighted by molar-refractivity contribution is -0.260. The fourth-order valence-electron chi connectivity index (χ4n) is 4.63. The van der Waals surface area contributed by atoms with Crippen LogP contribution in [0.3, 0.4) is 0 Å².